The van der Waals surface area contributed by atoms with E-state index in [1.165, 1.54) is 7.11 Å². The molecule has 7 heteroatoms. The van der Waals surface area contributed by atoms with Crippen LogP contribution in [0.1, 0.15) is 6.42 Å². The molecule has 1 unspecified atom stereocenters. The lowest BCUT2D eigenvalue weighted by Crippen LogP contribution is -2.44. The molecule has 1 aliphatic rings. The van der Waals surface area contributed by atoms with Gasteiger partial charge in [-0.1, -0.05) is 0 Å². The number of hydrogen-bond donors (Lipinski definition) is 3. The summed E-state index contributed by atoms with van der Waals surface area (Å²) in [6, 6.07) is 0.00930. The van der Waals surface area contributed by atoms with E-state index in [0.29, 0.717) is 19.7 Å². The highest BCUT2D eigenvalue weighted by Crippen LogP contribution is 1.97. The van der Waals surface area contributed by atoms with Gasteiger partial charge in [0.2, 0.25) is 0 Å². The molecule has 0 saturated carbocycles. The molecule has 14 heavy (non-hydrogen) atoms. The Balaban J connectivity index is 2.26. The highest BCUT2D eigenvalue weighted by molar-refractivity contribution is 7.87. The number of rotatable bonds is 6. The van der Waals surface area contributed by atoms with Gasteiger partial charge in [0.15, 0.2) is 0 Å². The van der Waals surface area contributed by atoms with Crippen molar-refractivity contribution >= 4 is 10.2 Å². The van der Waals surface area contributed by atoms with Crippen molar-refractivity contribution in [3.8, 4) is 0 Å². The summed E-state index contributed by atoms with van der Waals surface area (Å²) in [6.07, 6.45) is 0.838. The number of methoxy groups -OCH3 is 1. The second-order valence-electron chi connectivity index (χ2n) is 3.20. The van der Waals surface area contributed by atoms with Crippen LogP contribution in [0.2, 0.25) is 0 Å². The summed E-state index contributed by atoms with van der Waals surface area (Å²) in [5, 5.41) is 3.08. The largest absolute Gasteiger partial charge is 0.383 e. The molecule has 0 aliphatic carbocycles. The van der Waals surface area contributed by atoms with E-state index in [1.54, 1.807) is 0 Å². The monoisotopic (exact) mass is 223 g/mol. The van der Waals surface area contributed by atoms with Crippen LogP contribution in [0.4, 0.5) is 0 Å². The highest BCUT2D eigenvalue weighted by atomic mass is 32.2. The van der Waals surface area contributed by atoms with Gasteiger partial charge in [0.05, 0.1) is 6.61 Å². The van der Waals surface area contributed by atoms with Crippen molar-refractivity contribution < 1.29 is 13.2 Å². The lowest BCUT2D eigenvalue weighted by atomic mass is 10.3. The van der Waals surface area contributed by atoms with Gasteiger partial charge in [-0.2, -0.15) is 17.9 Å². The molecule has 0 amide bonds. The van der Waals surface area contributed by atoms with Gasteiger partial charge >= 0.3 is 0 Å². The Morgan fingerprint density at radius 2 is 2.36 bits per heavy atom. The molecule has 0 aromatic carbocycles. The molecule has 0 spiro atoms. The third-order valence-electron chi connectivity index (χ3n) is 1.98. The van der Waals surface area contributed by atoms with Crippen molar-refractivity contribution in [1.29, 1.82) is 0 Å². The zero-order valence-corrected chi connectivity index (χ0v) is 9.06. The van der Waals surface area contributed by atoms with Crippen molar-refractivity contribution in [2.45, 2.75) is 12.5 Å². The van der Waals surface area contributed by atoms with Crippen LogP contribution < -0.4 is 14.8 Å². The van der Waals surface area contributed by atoms with E-state index in [0.717, 1.165) is 13.0 Å². The zero-order chi connectivity index (χ0) is 10.4. The standard InChI is InChI=1S/C7H17N3O3S/c1-13-5-4-9-14(11,12)10-7-2-3-8-6-7/h7-10H,2-6H2,1H3. The van der Waals surface area contributed by atoms with E-state index < -0.39 is 10.2 Å². The molecule has 1 fully saturated rings. The van der Waals surface area contributed by atoms with Crippen molar-refractivity contribution in [3.63, 3.8) is 0 Å². The first kappa shape index (κ1) is 11.9. The van der Waals surface area contributed by atoms with Crippen LogP contribution in [0, 0.1) is 0 Å². The van der Waals surface area contributed by atoms with Gasteiger partial charge in [0, 0.05) is 26.2 Å². The molecule has 6 nitrogen and oxygen atoms in total. The van der Waals surface area contributed by atoms with E-state index in [2.05, 4.69) is 14.8 Å². The molecular weight excluding hydrogens is 206 g/mol. The molecule has 1 heterocycles. The molecular formula is C7H17N3O3S. The first-order valence-corrected chi connectivity index (χ1v) is 6.09. The van der Waals surface area contributed by atoms with Gasteiger partial charge in [-0.05, 0) is 13.0 Å². The minimum absolute atomic E-state index is 0.00930. The van der Waals surface area contributed by atoms with Crippen LogP contribution in [0.3, 0.4) is 0 Å². The maximum absolute atomic E-state index is 11.4. The third kappa shape index (κ3) is 4.34. The Kier molecular flexibility index (Phi) is 4.76. The Bertz CT molecular complexity index is 249. The molecule has 0 radical (unpaired) electrons. The van der Waals surface area contributed by atoms with Crippen molar-refractivity contribution in [2.24, 2.45) is 0 Å². The second kappa shape index (κ2) is 5.62. The lowest BCUT2D eigenvalue weighted by molar-refractivity contribution is 0.204. The number of nitrogens with one attached hydrogen (secondary N) is 3. The van der Waals surface area contributed by atoms with E-state index in [-0.39, 0.29) is 6.04 Å². The summed E-state index contributed by atoms with van der Waals surface area (Å²) in [4.78, 5) is 0. The first-order valence-electron chi connectivity index (χ1n) is 4.60. The van der Waals surface area contributed by atoms with Crippen LogP contribution in [-0.2, 0) is 14.9 Å². The first-order chi connectivity index (χ1) is 6.64. The predicted molar refractivity (Wildman–Crippen MR) is 53.2 cm³/mol. The Morgan fingerprint density at radius 3 is 2.93 bits per heavy atom. The highest BCUT2D eigenvalue weighted by Gasteiger charge is 2.20. The summed E-state index contributed by atoms with van der Waals surface area (Å²) in [7, 11) is -1.83. The Labute approximate surface area is 84.6 Å². The van der Waals surface area contributed by atoms with E-state index in [9.17, 15) is 8.42 Å². The topological polar surface area (TPSA) is 79.5 Å². The summed E-state index contributed by atoms with van der Waals surface area (Å²) in [5.41, 5.74) is 0. The summed E-state index contributed by atoms with van der Waals surface area (Å²) >= 11 is 0. The van der Waals surface area contributed by atoms with Crippen LogP contribution >= 0.6 is 0 Å². The minimum Gasteiger partial charge on any atom is -0.383 e. The van der Waals surface area contributed by atoms with Crippen LogP contribution in [0.5, 0.6) is 0 Å². The van der Waals surface area contributed by atoms with Crippen molar-refractivity contribution in [2.75, 3.05) is 33.4 Å². The molecule has 1 atom stereocenters. The molecule has 0 aromatic heterocycles. The molecule has 1 saturated heterocycles. The van der Waals surface area contributed by atoms with Crippen LogP contribution in [0.25, 0.3) is 0 Å². The zero-order valence-electron chi connectivity index (χ0n) is 8.25. The van der Waals surface area contributed by atoms with Gasteiger partial charge in [0.25, 0.3) is 10.2 Å². The summed E-state index contributed by atoms with van der Waals surface area (Å²) in [5.74, 6) is 0. The number of hydrogen-bond acceptors (Lipinski definition) is 4. The normalized spacial score (nSPS) is 22.8. The van der Waals surface area contributed by atoms with Crippen LogP contribution in [0.15, 0.2) is 0 Å². The Morgan fingerprint density at radius 1 is 1.57 bits per heavy atom. The quantitative estimate of drug-likeness (QED) is 0.475. The van der Waals surface area contributed by atoms with Crippen molar-refractivity contribution in [3.05, 3.63) is 0 Å². The molecule has 1 aliphatic heterocycles. The fraction of sp³-hybridized carbons (Fsp3) is 1.00. The maximum Gasteiger partial charge on any atom is 0.277 e. The second-order valence-corrected chi connectivity index (χ2v) is 4.73. The Hall–Kier alpha value is -0.210. The van der Waals surface area contributed by atoms with E-state index in [4.69, 9.17) is 4.74 Å². The average molecular weight is 223 g/mol. The third-order valence-corrected chi connectivity index (χ3v) is 3.21. The fourth-order valence-electron chi connectivity index (χ4n) is 1.29. The fourth-order valence-corrected chi connectivity index (χ4v) is 2.37. The van der Waals surface area contributed by atoms with Gasteiger partial charge in [-0.25, -0.2) is 0 Å². The smallest absolute Gasteiger partial charge is 0.277 e. The van der Waals surface area contributed by atoms with Crippen LogP contribution in [-0.4, -0.2) is 47.8 Å². The van der Waals surface area contributed by atoms with Gasteiger partial charge in [0.1, 0.15) is 0 Å². The summed E-state index contributed by atoms with van der Waals surface area (Å²) in [6.45, 7) is 2.24. The molecule has 84 valence electrons. The SMILES string of the molecule is COCCNS(=O)(=O)NC1CCNC1. The van der Waals surface area contributed by atoms with Gasteiger partial charge < -0.3 is 10.1 Å². The lowest BCUT2D eigenvalue weighted by Gasteiger charge is -2.12. The summed E-state index contributed by atoms with van der Waals surface area (Å²) < 4.78 is 32.4. The molecule has 1 rings (SSSR count). The van der Waals surface area contributed by atoms with Crippen molar-refractivity contribution in [1.82, 2.24) is 14.8 Å². The maximum atomic E-state index is 11.4. The molecule has 0 aromatic rings. The molecule has 3 N–H and O–H groups in total. The predicted octanol–water partition coefficient (Wildman–Crippen LogP) is -1.58. The van der Waals surface area contributed by atoms with E-state index in [1.807, 2.05) is 0 Å². The van der Waals surface area contributed by atoms with Gasteiger partial charge in [-0.15, -0.1) is 0 Å². The number of ether oxygens (including phenoxy) is 1. The average Bonchev–Trinajstić information content (AvgIpc) is 2.56. The van der Waals surface area contributed by atoms with Gasteiger partial charge in [-0.3, -0.25) is 0 Å². The van der Waals surface area contributed by atoms with E-state index >= 15 is 0 Å². The molecule has 0 bridgehead atoms. The minimum atomic E-state index is -3.36.